The van der Waals surface area contributed by atoms with Crippen molar-refractivity contribution >= 4 is 13.8 Å². The van der Waals surface area contributed by atoms with Crippen LogP contribution in [-0.4, -0.2) is 49.9 Å². The molecule has 0 aliphatic rings. The minimum Gasteiger partial charge on any atom is -0.457 e. The van der Waals surface area contributed by atoms with Gasteiger partial charge in [-0.3, -0.25) is 13.8 Å². The summed E-state index contributed by atoms with van der Waals surface area (Å²) in [6, 6.07) is 0. The number of hydrogen-bond acceptors (Lipinski definition) is 7. The zero-order valence-corrected chi connectivity index (χ0v) is 44.3. The Kier molecular flexibility index (Phi) is 53.1. The Morgan fingerprint density at radius 1 is 0.455 bits per heavy atom. The van der Waals surface area contributed by atoms with Gasteiger partial charge in [-0.25, -0.2) is 4.57 Å². The Hall–Kier alpha value is -1.54. The second kappa shape index (κ2) is 54.4. The number of esters is 1. The van der Waals surface area contributed by atoms with Gasteiger partial charge in [0.05, 0.1) is 19.8 Å². The molecule has 0 aliphatic heterocycles. The first-order chi connectivity index (χ1) is 32.4. The summed E-state index contributed by atoms with van der Waals surface area (Å²) in [6.07, 6.45) is 67.3. The molecule has 0 saturated carbocycles. The van der Waals surface area contributed by atoms with E-state index in [-0.39, 0.29) is 32.3 Å². The number of hydrogen-bond donors (Lipinski definition) is 2. The molecule has 0 aromatic rings. The van der Waals surface area contributed by atoms with Crippen molar-refractivity contribution in [3.05, 3.63) is 48.6 Å². The van der Waals surface area contributed by atoms with Gasteiger partial charge in [-0.15, -0.1) is 0 Å². The molecule has 0 aromatic heterocycles. The van der Waals surface area contributed by atoms with E-state index >= 15 is 0 Å². The van der Waals surface area contributed by atoms with E-state index in [2.05, 4.69) is 62.5 Å². The molecular weight excluding hydrogens is 842 g/mol. The molecule has 0 heterocycles. The van der Waals surface area contributed by atoms with E-state index in [0.717, 1.165) is 44.9 Å². The first kappa shape index (κ1) is 64.5. The summed E-state index contributed by atoms with van der Waals surface area (Å²) in [4.78, 5) is 22.7. The molecule has 0 aromatic carbocycles. The smallest absolute Gasteiger partial charge is 0.457 e. The fourth-order valence-electron chi connectivity index (χ4n) is 8.06. The van der Waals surface area contributed by atoms with Crippen molar-refractivity contribution in [1.29, 1.82) is 0 Å². The summed E-state index contributed by atoms with van der Waals surface area (Å²) in [5.74, 6) is -0.330. The first-order valence-corrected chi connectivity index (χ1v) is 29.6. The second-order valence-electron chi connectivity index (χ2n) is 18.8. The Morgan fingerprint density at radius 2 is 0.803 bits per heavy atom. The van der Waals surface area contributed by atoms with E-state index in [1.54, 1.807) is 0 Å². The monoisotopic (exact) mass is 950 g/mol. The van der Waals surface area contributed by atoms with Crippen molar-refractivity contribution in [2.24, 2.45) is 5.73 Å². The molecule has 0 spiro atoms. The zero-order chi connectivity index (χ0) is 48.0. The minimum absolute atomic E-state index is 0.0971. The highest BCUT2D eigenvalue weighted by atomic mass is 31.2. The number of nitrogens with two attached hydrogens (primary N) is 1. The first-order valence-electron chi connectivity index (χ1n) is 28.1. The summed E-state index contributed by atoms with van der Waals surface area (Å²) in [7, 11) is -4.29. The molecule has 0 radical (unpaired) electrons. The quantitative estimate of drug-likeness (QED) is 0.0268. The second-order valence-corrected chi connectivity index (χ2v) is 20.2. The number of carbonyl (C=O) groups excluding carboxylic acids is 1. The Morgan fingerprint density at radius 3 is 1.21 bits per heavy atom. The van der Waals surface area contributed by atoms with E-state index in [1.807, 2.05) is 0 Å². The Labute approximate surface area is 409 Å². The molecule has 0 bridgehead atoms. The van der Waals surface area contributed by atoms with Crippen LogP contribution in [0.2, 0.25) is 0 Å². The van der Waals surface area contributed by atoms with E-state index < -0.39 is 13.9 Å². The van der Waals surface area contributed by atoms with E-state index in [0.29, 0.717) is 13.0 Å². The molecule has 2 atom stereocenters. The summed E-state index contributed by atoms with van der Waals surface area (Å²) in [6.45, 7) is 4.94. The SMILES string of the molecule is CCCCCCC/C=C\C/C=C\C/C=C\CCCCCCCCCCCOCC(COP(=O)(O)OCCN)OC(=O)CCCCCCCCCCCCC/C=C\CCCCCCCCCC. The molecule has 66 heavy (non-hydrogen) atoms. The topological polar surface area (TPSA) is 117 Å². The van der Waals surface area contributed by atoms with Gasteiger partial charge in [0, 0.05) is 19.6 Å². The Balaban J connectivity index is 3.91. The molecular formula is C57H108NO7P. The van der Waals surface area contributed by atoms with Crippen LogP contribution in [0, 0.1) is 0 Å². The van der Waals surface area contributed by atoms with Crippen molar-refractivity contribution in [1.82, 2.24) is 0 Å². The number of unbranched alkanes of at least 4 members (excludes halogenated alkanes) is 33. The average molecular weight is 950 g/mol. The largest absolute Gasteiger partial charge is 0.472 e. The van der Waals surface area contributed by atoms with E-state index in [1.165, 1.54) is 205 Å². The van der Waals surface area contributed by atoms with Crippen LogP contribution in [0.3, 0.4) is 0 Å². The number of carbonyl (C=O) groups is 1. The molecule has 0 amide bonds. The summed E-state index contributed by atoms with van der Waals surface area (Å²) in [5, 5.41) is 0. The van der Waals surface area contributed by atoms with Gasteiger partial charge in [0.25, 0.3) is 0 Å². The van der Waals surface area contributed by atoms with Gasteiger partial charge >= 0.3 is 13.8 Å². The fourth-order valence-corrected chi connectivity index (χ4v) is 8.83. The highest BCUT2D eigenvalue weighted by Gasteiger charge is 2.25. The highest BCUT2D eigenvalue weighted by Crippen LogP contribution is 2.43. The maximum atomic E-state index is 12.7. The van der Waals surface area contributed by atoms with E-state index in [9.17, 15) is 14.3 Å². The zero-order valence-electron chi connectivity index (χ0n) is 43.4. The van der Waals surface area contributed by atoms with Crippen LogP contribution in [0.1, 0.15) is 271 Å². The number of ether oxygens (including phenoxy) is 2. The molecule has 9 heteroatoms. The van der Waals surface area contributed by atoms with Crippen molar-refractivity contribution in [3.63, 3.8) is 0 Å². The predicted octanol–water partition coefficient (Wildman–Crippen LogP) is 17.9. The lowest BCUT2D eigenvalue weighted by molar-refractivity contribution is -0.154. The normalized spacial score (nSPS) is 13.6. The third kappa shape index (κ3) is 53.4. The van der Waals surface area contributed by atoms with Crippen molar-refractivity contribution in [3.8, 4) is 0 Å². The number of allylic oxidation sites excluding steroid dienone is 8. The lowest BCUT2D eigenvalue weighted by Crippen LogP contribution is -2.28. The number of rotatable bonds is 54. The van der Waals surface area contributed by atoms with Crippen molar-refractivity contribution < 1.29 is 32.8 Å². The number of phosphoric acid groups is 1. The van der Waals surface area contributed by atoms with Crippen LogP contribution in [0.15, 0.2) is 48.6 Å². The molecule has 388 valence electrons. The summed E-state index contributed by atoms with van der Waals surface area (Å²) < 4.78 is 33.7. The highest BCUT2D eigenvalue weighted by molar-refractivity contribution is 7.47. The molecule has 0 fully saturated rings. The van der Waals surface area contributed by atoms with Gasteiger partial charge in [-0.2, -0.15) is 0 Å². The van der Waals surface area contributed by atoms with Gasteiger partial charge in [-0.05, 0) is 77.0 Å². The fraction of sp³-hybridized carbons (Fsp3) is 0.842. The van der Waals surface area contributed by atoms with Gasteiger partial charge < -0.3 is 20.1 Å². The standard InChI is InChI=1S/C57H108NO7P/c1-3-5-7-9-11-13-15-17-19-21-23-25-27-29-31-33-35-37-39-41-43-45-47-49-52-62-54-56(55-64-66(60,61)63-53-51-58)65-57(59)50-48-46-44-42-40-38-36-34-32-30-28-26-24-22-20-18-16-14-12-10-8-6-4-2/h15,17,21-24,27,29,56H,3-14,16,18-20,25-26,28,30-55,58H2,1-2H3,(H,60,61)/b17-15-,23-21-,24-22-,29-27-. The third-order valence-electron chi connectivity index (χ3n) is 12.2. The lowest BCUT2D eigenvalue weighted by Gasteiger charge is -2.20. The molecule has 0 saturated heterocycles. The number of phosphoric ester groups is 1. The average Bonchev–Trinajstić information content (AvgIpc) is 3.31. The van der Waals surface area contributed by atoms with Crippen LogP contribution in [0.5, 0.6) is 0 Å². The summed E-state index contributed by atoms with van der Waals surface area (Å²) in [5.41, 5.74) is 5.40. The molecule has 8 nitrogen and oxygen atoms in total. The maximum Gasteiger partial charge on any atom is 0.472 e. The lowest BCUT2D eigenvalue weighted by atomic mass is 10.0. The third-order valence-corrected chi connectivity index (χ3v) is 13.2. The van der Waals surface area contributed by atoms with E-state index in [4.69, 9.17) is 24.3 Å². The maximum absolute atomic E-state index is 12.7. The van der Waals surface area contributed by atoms with Gasteiger partial charge in [0.1, 0.15) is 6.10 Å². The van der Waals surface area contributed by atoms with Gasteiger partial charge in [0.15, 0.2) is 0 Å². The van der Waals surface area contributed by atoms with Crippen LogP contribution in [-0.2, 0) is 27.9 Å². The predicted molar refractivity (Wildman–Crippen MR) is 284 cm³/mol. The van der Waals surface area contributed by atoms with Crippen molar-refractivity contribution in [2.45, 2.75) is 277 Å². The van der Waals surface area contributed by atoms with Crippen LogP contribution in [0.25, 0.3) is 0 Å². The Bertz CT molecular complexity index is 1160. The van der Waals surface area contributed by atoms with Crippen molar-refractivity contribution in [2.75, 3.05) is 33.0 Å². The van der Waals surface area contributed by atoms with Gasteiger partial charge in [-0.1, -0.05) is 236 Å². The minimum atomic E-state index is -4.29. The van der Waals surface area contributed by atoms with Gasteiger partial charge in [0.2, 0.25) is 0 Å². The van der Waals surface area contributed by atoms with Crippen LogP contribution in [0.4, 0.5) is 0 Å². The molecule has 2 unspecified atom stereocenters. The summed E-state index contributed by atoms with van der Waals surface area (Å²) >= 11 is 0. The molecule has 3 N–H and O–H groups in total. The van der Waals surface area contributed by atoms with Crippen LogP contribution >= 0.6 is 7.82 Å². The van der Waals surface area contributed by atoms with Crippen LogP contribution < -0.4 is 5.73 Å². The molecule has 0 rings (SSSR count). The molecule has 0 aliphatic carbocycles.